The first kappa shape index (κ1) is 12.1. The number of thiol groups is 1. The van der Waals surface area contributed by atoms with Gasteiger partial charge in [0.25, 0.3) is 0 Å². The molecular formula is C12H17ClN2S. The van der Waals surface area contributed by atoms with Crippen LogP contribution in [0.5, 0.6) is 0 Å². The molecule has 1 heterocycles. The Labute approximate surface area is 108 Å². The van der Waals surface area contributed by atoms with Crippen molar-refractivity contribution in [3.63, 3.8) is 0 Å². The van der Waals surface area contributed by atoms with Gasteiger partial charge in [-0.15, -0.1) is 0 Å². The van der Waals surface area contributed by atoms with Crippen LogP contribution in [0.3, 0.4) is 0 Å². The van der Waals surface area contributed by atoms with Gasteiger partial charge in [-0.05, 0) is 12.1 Å². The Morgan fingerprint density at radius 2 is 1.81 bits per heavy atom. The average molecular weight is 257 g/mol. The fraction of sp³-hybridized carbons (Fsp3) is 0.500. The zero-order chi connectivity index (χ0) is 11.4. The first-order valence-corrected chi connectivity index (χ1v) is 6.65. The van der Waals surface area contributed by atoms with Crippen LogP contribution in [0.4, 0.5) is 5.69 Å². The Morgan fingerprint density at radius 3 is 2.44 bits per heavy atom. The van der Waals surface area contributed by atoms with Crippen LogP contribution < -0.4 is 4.90 Å². The van der Waals surface area contributed by atoms with E-state index < -0.39 is 0 Å². The third-order valence-corrected chi connectivity index (χ3v) is 3.50. The highest BCUT2D eigenvalue weighted by Crippen LogP contribution is 2.25. The molecule has 1 aliphatic heterocycles. The van der Waals surface area contributed by atoms with Gasteiger partial charge in [0.05, 0.1) is 10.7 Å². The van der Waals surface area contributed by atoms with Gasteiger partial charge in [0.15, 0.2) is 0 Å². The molecule has 0 unspecified atom stereocenters. The van der Waals surface area contributed by atoms with Crippen molar-refractivity contribution in [2.45, 2.75) is 0 Å². The lowest BCUT2D eigenvalue weighted by Crippen LogP contribution is -2.47. The second kappa shape index (κ2) is 5.80. The van der Waals surface area contributed by atoms with Crippen molar-refractivity contribution in [3.05, 3.63) is 29.3 Å². The van der Waals surface area contributed by atoms with Crippen LogP contribution in [0.1, 0.15) is 0 Å². The molecule has 0 spiro atoms. The SMILES string of the molecule is SCCN1CCN(c2ccccc2Cl)CC1. The number of para-hydroxylation sites is 1. The van der Waals surface area contributed by atoms with Crippen molar-refractivity contribution in [2.24, 2.45) is 0 Å². The number of benzene rings is 1. The second-order valence-corrected chi connectivity index (χ2v) is 4.86. The van der Waals surface area contributed by atoms with E-state index in [1.54, 1.807) is 0 Å². The van der Waals surface area contributed by atoms with E-state index in [-0.39, 0.29) is 0 Å². The summed E-state index contributed by atoms with van der Waals surface area (Å²) in [5.74, 6) is 0.937. The minimum absolute atomic E-state index is 0.852. The van der Waals surface area contributed by atoms with Crippen molar-refractivity contribution < 1.29 is 0 Å². The van der Waals surface area contributed by atoms with Crippen molar-refractivity contribution in [2.75, 3.05) is 43.4 Å². The summed E-state index contributed by atoms with van der Waals surface area (Å²) in [6.45, 7) is 5.39. The predicted molar refractivity (Wildman–Crippen MR) is 74.0 cm³/mol. The fourth-order valence-corrected chi connectivity index (χ4v) is 2.60. The van der Waals surface area contributed by atoms with Gasteiger partial charge in [0.1, 0.15) is 0 Å². The quantitative estimate of drug-likeness (QED) is 0.830. The molecule has 4 heteroatoms. The molecule has 1 saturated heterocycles. The highest BCUT2D eigenvalue weighted by Gasteiger charge is 2.17. The molecule has 0 saturated carbocycles. The van der Waals surface area contributed by atoms with Crippen LogP contribution in [0, 0.1) is 0 Å². The van der Waals surface area contributed by atoms with Crippen LogP contribution in [0.25, 0.3) is 0 Å². The summed E-state index contributed by atoms with van der Waals surface area (Å²) in [7, 11) is 0. The lowest BCUT2D eigenvalue weighted by atomic mass is 10.2. The summed E-state index contributed by atoms with van der Waals surface area (Å²) in [6, 6.07) is 8.07. The van der Waals surface area contributed by atoms with Crippen molar-refractivity contribution in [3.8, 4) is 0 Å². The molecule has 2 nitrogen and oxygen atoms in total. The number of halogens is 1. The van der Waals surface area contributed by atoms with E-state index in [0.29, 0.717) is 0 Å². The van der Waals surface area contributed by atoms with Crippen LogP contribution >= 0.6 is 24.2 Å². The number of hydrogen-bond acceptors (Lipinski definition) is 3. The van der Waals surface area contributed by atoms with E-state index in [9.17, 15) is 0 Å². The number of nitrogens with zero attached hydrogens (tertiary/aromatic N) is 2. The molecule has 16 heavy (non-hydrogen) atoms. The molecule has 1 fully saturated rings. The Bertz CT molecular complexity index is 338. The normalized spacial score (nSPS) is 17.8. The maximum Gasteiger partial charge on any atom is 0.0639 e. The molecular weight excluding hydrogens is 240 g/mol. The molecule has 1 aliphatic rings. The monoisotopic (exact) mass is 256 g/mol. The highest BCUT2D eigenvalue weighted by atomic mass is 35.5. The smallest absolute Gasteiger partial charge is 0.0639 e. The summed E-state index contributed by atoms with van der Waals surface area (Å²) < 4.78 is 0. The fourth-order valence-electron chi connectivity index (χ4n) is 2.06. The van der Waals surface area contributed by atoms with E-state index in [0.717, 1.165) is 49.2 Å². The predicted octanol–water partition coefficient (Wildman–Crippen LogP) is 2.39. The molecule has 0 aromatic heterocycles. The van der Waals surface area contributed by atoms with Gasteiger partial charge in [-0.1, -0.05) is 23.7 Å². The second-order valence-electron chi connectivity index (χ2n) is 4.00. The molecule has 0 N–H and O–H groups in total. The summed E-state index contributed by atoms with van der Waals surface area (Å²) >= 11 is 10.5. The van der Waals surface area contributed by atoms with Gasteiger partial charge in [-0.3, -0.25) is 4.90 Å². The maximum absolute atomic E-state index is 6.19. The van der Waals surface area contributed by atoms with E-state index in [2.05, 4.69) is 28.5 Å². The Balaban J connectivity index is 1.96. The van der Waals surface area contributed by atoms with Crippen LogP contribution in [0.15, 0.2) is 24.3 Å². The van der Waals surface area contributed by atoms with Crippen LogP contribution in [-0.4, -0.2) is 43.4 Å². The molecule has 0 aliphatic carbocycles. The molecule has 0 bridgehead atoms. The summed E-state index contributed by atoms with van der Waals surface area (Å²) in [4.78, 5) is 4.80. The number of anilines is 1. The number of hydrogen-bond donors (Lipinski definition) is 1. The Hall–Kier alpha value is -0.380. The lowest BCUT2D eigenvalue weighted by molar-refractivity contribution is 0.273. The standard InChI is InChI=1S/C12H17ClN2S/c13-11-3-1-2-4-12(11)15-7-5-14(6-8-15)9-10-16/h1-4,16H,5-10H2. The first-order valence-electron chi connectivity index (χ1n) is 5.64. The maximum atomic E-state index is 6.19. The third kappa shape index (κ3) is 2.84. The minimum atomic E-state index is 0.852. The summed E-state index contributed by atoms with van der Waals surface area (Å²) in [5.41, 5.74) is 1.16. The lowest BCUT2D eigenvalue weighted by Gasteiger charge is -2.36. The molecule has 0 atom stereocenters. The average Bonchev–Trinajstić information content (AvgIpc) is 2.31. The molecule has 1 aromatic carbocycles. The molecule has 1 aromatic rings. The zero-order valence-corrected chi connectivity index (χ0v) is 10.9. The number of rotatable bonds is 3. The van der Waals surface area contributed by atoms with Gasteiger partial charge in [0.2, 0.25) is 0 Å². The van der Waals surface area contributed by atoms with Gasteiger partial charge < -0.3 is 4.90 Å². The van der Waals surface area contributed by atoms with Gasteiger partial charge >= 0.3 is 0 Å². The van der Waals surface area contributed by atoms with E-state index in [1.807, 2.05) is 18.2 Å². The van der Waals surface area contributed by atoms with Crippen molar-refractivity contribution in [1.29, 1.82) is 0 Å². The van der Waals surface area contributed by atoms with Crippen molar-refractivity contribution >= 4 is 29.9 Å². The molecule has 88 valence electrons. The number of piperazine rings is 1. The zero-order valence-electron chi connectivity index (χ0n) is 9.27. The largest absolute Gasteiger partial charge is 0.368 e. The minimum Gasteiger partial charge on any atom is -0.368 e. The molecule has 0 radical (unpaired) electrons. The van der Waals surface area contributed by atoms with E-state index in [4.69, 9.17) is 11.6 Å². The highest BCUT2D eigenvalue weighted by molar-refractivity contribution is 7.80. The molecule has 2 rings (SSSR count). The van der Waals surface area contributed by atoms with Crippen molar-refractivity contribution in [1.82, 2.24) is 4.90 Å². The first-order chi connectivity index (χ1) is 7.81. The topological polar surface area (TPSA) is 6.48 Å². The van der Waals surface area contributed by atoms with E-state index >= 15 is 0 Å². The van der Waals surface area contributed by atoms with Gasteiger partial charge in [0, 0.05) is 38.5 Å². The Kier molecular flexibility index (Phi) is 4.38. The van der Waals surface area contributed by atoms with Crippen LogP contribution in [-0.2, 0) is 0 Å². The van der Waals surface area contributed by atoms with Crippen LogP contribution in [0.2, 0.25) is 5.02 Å². The summed E-state index contributed by atoms with van der Waals surface area (Å²) in [5, 5.41) is 0.852. The van der Waals surface area contributed by atoms with Gasteiger partial charge in [-0.2, -0.15) is 12.6 Å². The molecule has 0 amide bonds. The van der Waals surface area contributed by atoms with E-state index in [1.165, 1.54) is 0 Å². The summed E-state index contributed by atoms with van der Waals surface area (Å²) in [6.07, 6.45) is 0. The van der Waals surface area contributed by atoms with Gasteiger partial charge in [-0.25, -0.2) is 0 Å². The Morgan fingerprint density at radius 1 is 1.12 bits per heavy atom. The third-order valence-electron chi connectivity index (χ3n) is 2.98.